The minimum atomic E-state index is -0.481. The fourth-order valence-electron chi connectivity index (χ4n) is 3.15. The monoisotopic (exact) mass is 406 g/mol. The van der Waals surface area contributed by atoms with Crippen molar-refractivity contribution in [1.82, 2.24) is 4.90 Å². The first-order valence-corrected chi connectivity index (χ1v) is 10.0. The third kappa shape index (κ3) is 3.98. The second-order valence-corrected chi connectivity index (χ2v) is 7.71. The molecule has 0 amide bonds. The van der Waals surface area contributed by atoms with E-state index in [9.17, 15) is 4.79 Å². The molecule has 1 aliphatic rings. The van der Waals surface area contributed by atoms with Crippen LogP contribution in [-0.4, -0.2) is 24.1 Å². The van der Waals surface area contributed by atoms with Crippen LogP contribution in [0.3, 0.4) is 0 Å². The van der Waals surface area contributed by atoms with E-state index in [0.29, 0.717) is 42.0 Å². The molecule has 5 nitrogen and oxygen atoms in total. The molecule has 27 heavy (non-hydrogen) atoms. The summed E-state index contributed by atoms with van der Waals surface area (Å²) < 4.78 is 10.9. The minimum absolute atomic E-state index is 0.299. The van der Waals surface area contributed by atoms with Crippen molar-refractivity contribution in [2.45, 2.75) is 33.0 Å². The smallest absolute Gasteiger partial charge is 0.343 e. The molecule has 0 aliphatic carbocycles. The van der Waals surface area contributed by atoms with Crippen LogP contribution in [0, 0.1) is 0 Å². The summed E-state index contributed by atoms with van der Waals surface area (Å²) in [6, 6.07) is 7.23. The van der Waals surface area contributed by atoms with Gasteiger partial charge in [-0.15, -0.1) is 11.3 Å². The van der Waals surface area contributed by atoms with E-state index >= 15 is 0 Å². The van der Waals surface area contributed by atoms with Crippen LogP contribution in [0.15, 0.2) is 36.5 Å². The molecule has 0 spiro atoms. The molecular formula is C20H23ClN2O3S. The van der Waals surface area contributed by atoms with Gasteiger partial charge in [-0.05, 0) is 31.5 Å². The molecule has 3 rings (SSSR count). The first-order chi connectivity index (χ1) is 13.0. The number of rotatable bonds is 6. The average molecular weight is 407 g/mol. The van der Waals surface area contributed by atoms with E-state index < -0.39 is 12.0 Å². The average Bonchev–Trinajstić information content (AvgIpc) is 3.00. The number of nitrogens with two attached hydrogens (primary N) is 1. The lowest BCUT2D eigenvalue weighted by molar-refractivity contribution is 0.0520. The maximum atomic E-state index is 12.5. The van der Waals surface area contributed by atoms with Gasteiger partial charge in [0, 0.05) is 27.7 Å². The number of hydrogen-bond acceptors (Lipinski definition) is 6. The highest BCUT2D eigenvalue weighted by atomic mass is 35.5. The SMILES string of the molecule is C=C1C(N)c2c(sc(OCC)c2C(=O)OCC)CN1Cc1ccc(Cl)cc1. The van der Waals surface area contributed by atoms with E-state index in [1.807, 2.05) is 31.2 Å². The minimum Gasteiger partial charge on any atom is -0.484 e. The van der Waals surface area contributed by atoms with Crippen molar-refractivity contribution in [3.05, 3.63) is 63.1 Å². The van der Waals surface area contributed by atoms with Crippen LogP contribution in [-0.2, 0) is 17.8 Å². The fraction of sp³-hybridized carbons (Fsp3) is 0.350. The molecule has 0 saturated heterocycles. The zero-order valence-electron chi connectivity index (χ0n) is 15.5. The van der Waals surface area contributed by atoms with Crippen molar-refractivity contribution in [3.8, 4) is 5.06 Å². The normalized spacial score (nSPS) is 16.2. The number of fused-ring (bicyclic) bond motifs is 1. The summed E-state index contributed by atoms with van der Waals surface area (Å²) in [5, 5.41) is 1.27. The summed E-state index contributed by atoms with van der Waals surface area (Å²) >= 11 is 7.43. The van der Waals surface area contributed by atoms with E-state index in [0.717, 1.165) is 21.7 Å². The number of thiophene rings is 1. The molecular weight excluding hydrogens is 384 g/mol. The summed E-state index contributed by atoms with van der Waals surface area (Å²) in [6.45, 7) is 9.90. The van der Waals surface area contributed by atoms with E-state index in [1.165, 1.54) is 11.3 Å². The molecule has 0 radical (unpaired) electrons. The predicted octanol–water partition coefficient (Wildman–Crippen LogP) is 4.51. The van der Waals surface area contributed by atoms with Gasteiger partial charge in [-0.1, -0.05) is 30.3 Å². The van der Waals surface area contributed by atoms with Gasteiger partial charge in [-0.25, -0.2) is 4.79 Å². The van der Waals surface area contributed by atoms with Crippen LogP contribution in [0.1, 0.15) is 46.3 Å². The van der Waals surface area contributed by atoms with Gasteiger partial charge < -0.3 is 20.1 Å². The van der Waals surface area contributed by atoms with Gasteiger partial charge in [0.05, 0.1) is 25.8 Å². The zero-order chi connectivity index (χ0) is 19.6. The van der Waals surface area contributed by atoms with Gasteiger partial charge in [-0.3, -0.25) is 0 Å². The number of halogens is 1. The molecule has 2 N–H and O–H groups in total. The number of benzene rings is 1. The van der Waals surface area contributed by atoms with Crippen LogP contribution in [0.2, 0.25) is 5.02 Å². The number of nitrogens with zero attached hydrogens (tertiary/aromatic N) is 1. The molecule has 1 atom stereocenters. The fourth-order valence-corrected chi connectivity index (χ4v) is 4.53. The second kappa shape index (κ2) is 8.33. The van der Waals surface area contributed by atoms with Crippen LogP contribution in [0.25, 0.3) is 0 Å². The van der Waals surface area contributed by atoms with Gasteiger partial charge in [-0.2, -0.15) is 0 Å². The molecule has 1 aliphatic heterocycles. The maximum absolute atomic E-state index is 12.5. The highest BCUT2D eigenvalue weighted by molar-refractivity contribution is 7.14. The van der Waals surface area contributed by atoms with Gasteiger partial charge in [0.2, 0.25) is 0 Å². The van der Waals surface area contributed by atoms with Crippen molar-refractivity contribution in [1.29, 1.82) is 0 Å². The number of hydrogen-bond donors (Lipinski definition) is 1. The van der Waals surface area contributed by atoms with E-state index in [2.05, 4.69) is 11.5 Å². The third-order valence-electron chi connectivity index (χ3n) is 4.44. The summed E-state index contributed by atoms with van der Waals surface area (Å²) in [5.41, 5.74) is 9.59. The first-order valence-electron chi connectivity index (χ1n) is 8.85. The van der Waals surface area contributed by atoms with Crippen LogP contribution < -0.4 is 10.5 Å². The van der Waals surface area contributed by atoms with Crippen LogP contribution in [0.5, 0.6) is 5.06 Å². The van der Waals surface area contributed by atoms with Crippen molar-refractivity contribution in [3.63, 3.8) is 0 Å². The maximum Gasteiger partial charge on any atom is 0.343 e. The topological polar surface area (TPSA) is 64.8 Å². The molecule has 1 unspecified atom stereocenters. The summed E-state index contributed by atoms with van der Waals surface area (Å²) in [4.78, 5) is 15.7. The lowest BCUT2D eigenvalue weighted by Crippen LogP contribution is -2.34. The Kier molecular flexibility index (Phi) is 6.09. The highest BCUT2D eigenvalue weighted by Gasteiger charge is 2.35. The Morgan fingerprint density at radius 3 is 2.67 bits per heavy atom. The summed E-state index contributed by atoms with van der Waals surface area (Å²) in [5.74, 6) is -0.396. The molecule has 0 saturated carbocycles. The van der Waals surface area contributed by atoms with Crippen molar-refractivity contribution < 1.29 is 14.3 Å². The Bertz CT molecular complexity index is 848. The number of carbonyl (C=O) groups is 1. The molecule has 1 aromatic carbocycles. The lowest BCUT2D eigenvalue weighted by Gasteiger charge is -2.35. The Morgan fingerprint density at radius 2 is 2.04 bits per heavy atom. The number of ether oxygens (including phenoxy) is 2. The Hall–Kier alpha value is -2.02. The first kappa shape index (κ1) is 19.7. The zero-order valence-corrected chi connectivity index (χ0v) is 17.0. The van der Waals surface area contributed by atoms with Crippen molar-refractivity contribution in [2.24, 2.45) is 5.73 Å². The van der Waals surface area contributed by atoms with E-state index in [4.69, 9.17) is 26.8 Å². The van der Waals surface area contributed by atoms with Gasteiger partial charge in [0.25, 0.3) is 0 Å². The van der Waals surface area contributed by atoms with Crippen LogP contribution >= 0.6 is 22.9 Å². The Morgan fingerprint density at radius 1 is 1.33 bits per heavy atom. The standard InChI is InChI=1S/C20H23ClN2O3S/c1-4-25-19(24)17-16-15(27-20(17)26-5-2)11-23(12(3)18(16)22)10-13-6-8-14(21)9-7-13/h6-9,18H,3-5,10-11,22H2,1-2H3. The largest absolute Gasteiger partial charge is 0.484 e. The van der Waals surface area contributed by atoms with Crippen molar-refractivity contribution in [2.75, 3.05) is 13.2 Å². The predicted molar refractivity (Wildman–Crippen MR) is 108 cm³/mol. The van der Waals surface area contributed by atoms with Crippen LogP contribution in [0.4, 0.5) is 0 Å². The summed E-state index contributed by atoms with van der Waals surface area (Å²) in [6.07, 6.45) is 0. The van der Waals surface area contributed by atoms with Crippen molar-refractivity contribution >= 4 is 28.9 Å². The molecule has 144 valence electrons. The van der Waals surface area contributed by atoms with Gasteiger partial charge in [0.15, 0.2) is 5.06 Å². The Labute approximate surface area is 168 Å². The van der Waals surface area contributed by atoms with Gasteiger partial charge in [0.1, 0.15) is 5.56 Å². The molecule has 2 heterocycles. The molecule has 7 heteroatoms. The van der Waals surface area contributed by atoms with E-state index in [1.54, 1.807) is 6.92 Å². The molecule has 2 aromatic rings. The lowest BCUT2D eigenvalue weighted by atomic mass is 9.95. The third-order valence-corrected chi connectivity index (χ3v) is 5.80. The Balaban J connectivity index is 1.94. The number of carbonyl (C=O) groups excluding carboxylic acids is 1. The second-order valence-electron chi connectivity index (χ2n) is 6.21. The molecule has 1 aromatic heterocycles. The van der Waals surface area contributed by atoms with Gasteiger partial charge >= 0.3 is 5.97 Å². The molecule has 0 bridgehead atoms. The number of esters is 1. The van der Waals surface area contributed by atoms with E-state index in [-0.39, 0.29) is 0 Å². The summed E-state index contributed by atoms with van der Waals surface area (Å²) in [7, 11) is 0. The quantitative estimate of drug-likeness (QED) is 0.715. The molecule has 0 fully saturated rings. The highest BCUT2D eigenvalue weighted by Crippen LogP contribution is 2.45.